The lowest BCUT2D eigenvalue weighted by Crippen LogP contribution is -2.67. The van der Waals surface area contributed by atoms with Gasteiger partial charge in [-0.05, 0) is 15.4 Å². The number of alkyl halides is 1. The molecule has 0 aromatic heterocycles. The van der Waals surface area contributed by atoms with Gasteiger partial charge in [0.15, 0.2) is 11.3 Å². The lowest BCUT2D eigenvalue weighted by molar-refractivity contribution is -0.146. The van der Waals surface area contributed by atoms with Crippen molar-refractivity contribution in [1.29, 1.82) is 0 Å². The van der Waals surface area contributed by atoms with Crippen LogP contribution in [0.15, 0.2) is 60.7 Å². The van der Waals surface area contributed by atoms with Crippen LogP contribution < -0.4 is 10.4 Å². The van der Waals surface area contributed by atoms with Crippen molar-refractivity contribution in [3.63, 3.8) is 0 Å². The number of benzene rings is 2. The number of rotatable bonds is 9. The molecule has 0 amide bonds. The predicted molar refractivity (Wildman–Crippen MR) is 127 cm³/mol. The minimum Gasteiger partial charge on any atom is -0.467 e. The van der Waals surface area contributed by atoms with Crippen LogP contribution in [0.3, 0.4) is 0 Å². The van der Waals surface area contributed by atoms with E-state index >= 15 is 0 Å². The molecule has 0 radical (unpaired) electrons. The normalized spacial score (nSPS) is 14.0. The van der Waals surface area contributed by atoms with Crippen molar-refractivity contribution in [3.8, 4) is 0 Å². The lowest BCUT2D eigenvalue weighted by Gasteiger charge is -2.43. The molecule has 0 saturated heterocycles. The van der Waals surface area contributed by atoms with Crippen LogP contribution in [0.4, 0.5) is 4.39 Å². The summed E-state index contributed by atoms with van der Waals surface area (Å²) in [6.45, 7) is 8.04. The van der Waals surface area contributed by atoms with E-state index in [1.165, 1.54) is 6.92 Å². The Balaban J connectivity index is 2.46. The lowest BCUT2D eigenvalue weighted by atomic mass is 10.2. The number of halogens is 1. The second kappa shape index (κ2) is 11.1. The number of carbonyl (C=O) groups is 2. The highest BCUT2D eigenvalue weighted by molar-refractivity contribution is 8.14. The smallest absolute Gasteiger partial charge is 0.340 e. The molecule has 4 nitrogen and oxygen atoms in total. The first-order valence-electron chi connectivity index (χ1n) is 10.3. The first-order chi connectivity index (χ1) is 14.6. The number of hydrogen-bond acceptors (Lipinski definition) is 5. The fourth-order valence-electron chi connectivity index (χ4n) is 3.82. The van der Waals surface area contributed by atoms with Crippen molar-refractivity contribution in [2.24, 2.45) is 0 Å². The third kappa shape index (κ3) is 6.27. The summed E-state index contributed by atoms with van der Waals surface area (Å²) in [6, 6.07) is 20.2. The summed E-state index contributed by atoms with van der Waals surface area (Å²) in [6.07, 6.45) is -1.95. The zero-order chi connectivity index (χ0) is 23.1. The van der Waals surface area contributed by atoms with Gasteiger partial charge in [-0.15, -0.1) is 0 Å². The molecule has 168 valence electrons. The van der Waals surface area contributed by atoms with E-state index in [-0.39, 0.29) is 23.2 Å². The van der Waals surface area contributed by atoms with Crippen molar-refractivity contribution in [3.05, 3.63) is 60.7 Å². The fourth-order valence-corrected chi connectivity index (χ4v) is 9.42. The average molecular weight is 463 g/mol. The van der Waals surface area contributed by atoms with Crippen LogP contribution in [0.1, 0.15) is 34.1 Å². The molecule has 2 aromatic carbocycles. The molecule has 0 aliphatic heterocycles. The summed E-state index contributed by atoms with van der Waals surface area (Å²) in [4.78, 5) is 23.4. The van der Waals surface area contributed by atoms with Gasteiger partial charge in [0, 0.05) is 25.2 Å². The molecule has 2 rings (SSSR count). The molecule has 2 aromatic rings. The van der Waals surface area contributed by atoms with E-state index in [1.54, 1.807) is 0 Å². The predicted octanol–water partition coefficient (Wildman–Crippen LogP) is 4.11. The summed E-state index contributed by atoms with van der Waals surface area (Å²) in [5.74, 6) is -0.931. The molecule has 0 heterocycles. The van der Waals surface area contributed by atoms with Crippen LogP contribution in [0, 0.1) is 0 Å². The van der Waals surface area contributed by atoms with Gasteiger partial charge in [-0.2, -0.15) is 0 Å². The minimum absolute atomic E-state index is 0.144. The number of carbonyl (C=O) groups excluding carboxylic acids is 2. The zero-order valence-electron chi connectivity index (χ0n) is 18.8. The molecule has 7 heteroatoms. The number of esters is 1. The largest absolute Gasteiger partial charge is 0.467 e. The van der Waals surface area contributed by atoms with Crippen LogP contribution >= 0.6 is 11.8 Å². The highest BCUT2D eigenvalue weighted by atomic mass is 32.2. The summed E-state index contributed by atoms with van der Waals surface area (Å²) in [5.41, 5.74) is 0. The topological polar surface area (TPSA) is 52.6 Å². The molecule has 2 atom stereocenters. The van der Waals surface area contributed by atoms with Gasteiger partial charge >= 0.3 is 5.97 Å². The van der Waals surface area contributed by atoms with Crippen molar-refractivity contribution >= 4 is 41.5 Å². The Morgan fingerprint density at radius 1 is 1.00 bits per heavy atom. The standard InChI is InChI=1S/C24H31FO4SSi/c1-18(26)30-19(16-22(25)23(27)28-5)17-29-31(24(2,3)4,20-12-8-6-9-13-20)21-14-10-7-11-15-21/h6-15,19,22H,16-17H2,1-5H3/t19-,22-/m0/s1. The number of methoxy groups -OCH3 is 1. The molecular weight excluding hydrogens is 431 g/mol. The number of hydrogen-bond donors (Lipinski definition) is 0. The third-order valence-corrected chi connectivity index (χ3v) is 11.2. The van der Waals surface area contributed by atoms with Gasteiger partial charge in [0.05, 0.1) is 7.11 Å². The fraction of sp³-hybridized carbons (Fsp3) is 0.417. The maximum Gasteiger partial charge on any atom is 0.340 e. The Hall–Kier alpha value is -1.96. The van der Waals surface area contributed by atoms with Gasteiger partial charge in [0.25, 0.3) is 8.32 Å². The monoisotopic (exact) mass is 462 g/mol. The van der Waals surface area contributed by atoms with Crippen LogP contribution in [-0.2, 0) is 18.8 Å². The summed E-state index contributed by atoms with van der Waals surface area (Å²) >= 11 is 1.01. The van der Waals surface area contributed by atoms with E-state index in [2.05, 4.69) is 49.8 Å². The van der Waals surface area contributed by atoms with Crippen LogP contribution in [0.5, 0.6) is 0 Å². The van der Waals surface area contributed by atoms with Crippen LogP contribution in [-0.4, -0.2) is 44.5 Å². The van der Waals surface area contributed by atoms with Crippen molar-refractivity contribution < 1.29 is 23.1 Å². The van der Waals surface area contributed by atoms with E-state index in [4.69, 9.17) is 4.43 Å². The molecule has 0 unspecified atom stereocenters. The first kappa shape index (κ1) is 25.3. The molecule has 0 bridgehead atoms. The molecule has 0 aliphatic rings. The number of ether oxygens (including phenoxy) is 1. The van der Waals surface area contributed by atoms with Gasteiger partial charge in [0.2, 0.25) is 0 Å². The second-order valence-electron chi connectivity index (χ2n) is 8.43. The number of thioether (sulfide) groups is 1. The Morgan fingerprint density at radius 2 is 1.48 bits per heavy atom. The summed E-state index contributed by atoms with van der Waals surface area (Å²) < 4.78 is 25.7. The minimum atomic E-state index is -2.81. The quantitative estimate of drug-likeness (QED) is 0.415. The molecule has 0 spiro atoms. The summed E-state index contributed by atoms with van der Waals surface area (Å²) in [7, 11) is -1.66. The average Bonchev–Trinajstić information content (AvgIpc) is 2.73. The van der Waals surface area contributed by atoms with Crippen LogP contribution in [0.2, 0.25) is 5.04 Å². The highest BCUT2D eigenvalue weighted by Crippen LogP contribution is 2.37. The Bertz CT molecular complexity index is 815. The van der Waals surface area contributed by atoms with E-state index in [0.29, 0.717) is 0 Å². The maximum absolute atomic E-state index is 14.4. The van der Waals surface area contributed by atoms with E-state index in [9.17, 15) is 14.0 Å². The Morgan fingerprint density at radius 3 is 1.87 bits per heavy atom. The van der Waals surface area contributed by atoms with E-state index < -0.39 is 25.7 Å². The molecule has 31 heavy (non-hydrogen) atoms. The van der Waals surface area contributed by atoms with Crippen molar-refractivity contribution in [2.75, 3.05) is 13.7 Å². The van der Waals surface area contributed by atoms with Crippen molar-refractivity contribution in [1.82, 2.24) is 0 Å². The molecule has 0 fully saturated rings. The maximum atomic E-state index is 14.4. The van der Waals surface area contributed by atoms with E-state index in [0.717, 1.165) is 29.2 Å². The Kier molecular flexibility index (Phi) is 9.03. The van der Waals surface area contributed by atoms with E-state index in [1.807, 2.05) is 36.4 Å². The van der Waals surface area contributed by atoms with Gasteiger partial charge < -0.3 is 9.16 Å². The second-order valence-corrected chi connectivity index (χ2v) is 14.2. The van der Waals surface area contributed by atoms with Gasteiger partial charge in [-0.25, -0.2) is 9.18 Å². The Labute approximate surface area is 189 Å². The molecular formula is C24H31FO4SSi. The molecule has 0 saturated carbocycles. The van der Waals surface area contributed by atoms with Gasteiger partial charge in [0.1, 0.15) is 0 Å². The van der Waals surface area contributed by atoms with Gasteiger partial charge in [-0.3, -0.25) is 4.79 Å². The molecule has 0 N–H and O–H groups in total. The summed E-state index contributed by atoms with van der Waals surface area (Å²) in [5, 5.41) is 1.31. The zero-order valence-corrected chi connectivity index (χ0v) is 20.6. The van der Waals surface area contributed by atoms with Crippen molar-refractivity contribution in [2.45, 2.75) is 50.6 Å². The SMILES string of the molecule is COC(=O)[C@@H](F)C[C@@H](CO[Si](c1ccccc1)(c1ccccc1)C(C)(C)C)SC(C)=O. The molecule has 0 aliphatic carbocycles. The highest BCUT2D eigenvalue weighted by Gasteiger charge is 2.50. The van der Waals surface area contributed by atoms with Gasteiger partial charge in [-0.1, -0.05) is 93.2 Å². The van der Waals surface area contributed by atoms with Crippen LogP contribution in [0.25, 0.3) is 0 Å². The first-order valence-corrected chi connectivity index (χ1v) is 13.0. The third-order valence-electron chi connectivity index (χ3n) is 5.16.